The zero-order valence-electron chi connectivity index (χ0n) is 11.3. The zero-order valence-corrected chi connectivity index (χ0v) is 12.1. The standard InChI is InChI=1S/C15H21ClN2O/c1-17-8-10-18(11-9-17)12-15(19)7-4-13-2-5-14(16)6-3-13/h2-7,15,19H,8-12H2,1H3/b7-4-. The maximum atomic E-state index is 10.0. The van der Waals surface area contributed by atoms with Crippen LogP contribution in [0.2, 0.25) is 5.02 Å². The molecule has 0 amide bonds. The van der Waals surface area contributed by atoms with Crippen molar-refractivity contribution in [2.24, 2.45) is 0 Å². The predicted octanol–water partition coefficient (Wildman–Crippen LogP) is 1.96. The molecule has 0 aliphatic carbocycles. The third-order valence-corrected chi connectivity index (χ3v) is 3.67. The van der Waals surface area contributed by atoms with Crippen LogP contribution in [0.5, 0.6) is 0 Å². The van der Waals surface area contributed by atoms with Crippen LogP contribution in [0, 0.1) is 0 Å². The predicted molar refractivity (Wildman–Crippen MR) is 80.4 cm³/mol. The van der Waals surface area contributed by atoms with Crippen molar-refractivity contribution in [3.05, 3.63) is 40.9 Å². The molecule has 1 saturated heterocycles. The van der Waals surface area contributed by atoms with Gasteiger partial charge in [0.1, 0.15) is 0 Å². The van der Waals surface area contributed by atoms with E-state index < -0.39 is 6.10 Å². The van der Waals surface area contributed by atoms with Crippen LogP contribution in [0.15, 0.2) is 30.3 Å². The molecule has 1 N–H and O–H groups in total. The van der Waals surface area contributed by atoms with Crippen molar-refractivity contribution in [3.63, 3.8) is 0 Å². The molecule has 1 aliphatic rings. The van der Waals surface area contributed by atoms with Crippen molar-refractivity contribution in [1.29, 1.82) is 0 Å². The minimum absolute atomic E-state index is 0.418. The maximum Gasteiger partial charge on any atom is 0.0851 e. The molecule has 2 rings (SSSR count). The summed E-state index contributed by atoms with van der Waals surface area (Å²) >= 11 is 5.83. The first-order chi connectivity index (χ1) is 9.13. The Morgan fingerprint density at radius 3 is 2.47 bits per heavy atom. The van der Waals surface area contributed by atoms with E-state index in [1.807, 2.05) is 36.4 Å². The Balaban J connectivity index is 1.80. The topological polar surface area (TPSA) is 26.7 Å². The van der Waals surface area contributed by atoms with Gasteiger partial charge < -0.3 is 10.0 Å². The van der Waals surface area contributed by atoms with Gasteiger partial charge in [-0.25, -0.2) is 0 Å². The smallest absolute Gasteiger partial charge is 0.0851 e. The molecule has 0 bridgehead atoms. The third-order valence-electron chi connectivity index (χ3n) is 3.42. The van der Waals surface area contributed by atoms with E-state index in [4.69, 9.17) is 11.6 Å². The minimum atomic E-state index is -0.418. The van der Waals surface area contributed by atoms with E-state index in [-0.39, 0.29) is 0 Å². The van der Waals surface area contributed by atoms with E-state index in [0.717, 1.165) is 36.8 Å². The van der Waals surface area contributed by atoms with Crippen molar-refractivity contribution in [2.45, 2.75) is 6.10 Å². The molecule has 4 heteroatoms. The van der Waals surface area contributed by atoms with E-state index >= 15 is 0 Å². The SMILES string of the molecule is CN1CCN(CC(O)/C=C\c2ccc(Cl)cc2)CC1. The fourth-order valence-corrected chi connectivity index (χ4v) is 2.28. The van der Waals surface area contributed by atoms with Gasteiger partial charge in [0.15, 0.2) is 0 Å². The van der Waals surface area contributed by atoms with Gasteiger partial charge in [0.05, 0.1) is 6.10 Å². The van der Waals surface area contributed by atoms with Gasteiger partial charge in [0.25, 0.3) is 0 Å². The Kier molecular flexibility index (Phi) is 5.40. The van der Waals surface area contributed by atoms with Gasteiger partial charge in [0.2, 0.25) is 0 Å². The molecule has 1 fully saturated rings. The fourth-order valence-electron chi connectivity index (χ4n) is 2.15. The van der Waals surface area contributed by atoms with E-state index in [9.17, 15) is 5.11 Å². The van der Waals surface area contributed by atoms with Gasteiger partial charge >= 0.3 is 0 Å². The van der Waals surface area contributed by atoms with Crippen molar-refractivity contribution in [1.82, 2.24) is 9.80 Å². The summed E-state index contributed by atoms with van der Waals surface area (Å²) in [5, 5.41) is 10.7. The Morgan fingerprint density at radius 1 is 1.21 bits per heavy atom. The van der Waals surface area contributed by atoms with E-state index in [2.05, 4.69) is 16.8 Å². The van der Waals surface area contributed by atoms with Gasteiger partial charge in [-0.1, -0.05) is 35.9 Å². The van der Waals surface area contributed by atoms with Gasteiger partial charge in [-0.05, 0) is 24.7 Å². The summed E-state index contributed by atoms with van der Waals surface area (Å²) in [7, 11) is 2.13. The van der Waals surface area contributed by atoms with Gasteiger partial charge in [-0.15, -0.1) is 0 Å². The normalized spacial score (nSPS) is 19.9. The zero-order chi connectivity index (χ0) is 13.7. The molecular formula is C15H21ClN2O. The number of aliphatic hydroxyl groups excluding tert-OH is 1. The van der Waals surface area contributed by atoms with E-state index in [1.165, 1.54) is 0 Å². The van der Waals surface area contributed by atoms with Gasteiger partial charge in [-0.3, -0.25) is 4.90 Å². The first kappa shape index (κ1) is 14.5. The van der Waals surface area contributed by atoms with Crippen LogP contribution >= 0.6 is 11.6 Å². The Morgan fingerprint density at radius 2 is 1.84 bits per heavy atom. The number of piperazine rings is 1. The first-order valence-electron chi connectivity index (χ1n) is 6.66. The molecule has 0 aromatic heterocycles. The number of nitrogens with zero attached hydrogens (tertiary/aromatic N) is 2. The van der Waals surface area contributed by atoms with E-state index in [1.54, 1.807) is 0 Å². The lowest BCUT2D eigenvalue weighted by Crippen LogP contribution is -2.46. The van der Waals surface area contributed by atoms with Crippen LogP contribution in [0.25, 0.3) is 6.08 Å². The molecule has 104 valence electrons. The number of halogens is 1. The van der Waals surface area contributed by atoms with Crippen LogP contribution in [0.1, 0.15) is 5.56 Å². The molecule has 1 aliphatic heterocycles. The molecule has 1 heterocycles. The fraction of sp³-hybridized carbons (Fsp3) is 0.467. The largest absolute Gasteiger partial charge is 0.388 e. The summed E-state index contributed by atoms with van der Waals surface area (Å²) in [4.78, 5) is 4.61. The number of benzene rings is 1. The Labute approximate surface area is 120 Å². The number of hydrogen-bond acceptors (Lipinski definition) is 3. The molecule has 1 atom stereocenters. The molecule has 1 unspecified atom stereocenters. The van der Waals surface area contributed by atoms with Gasteiger partial charge in [-0.2, -0.15) is 0 Å². The quantitative estimate of drug-likeness (QED) is 0.913. The Bertz CT molecular complexity index is 411. The second-order valence-electron chi connectivity index (χ2n) is 5.08. The number of hydrogen-bond donors (Lipinski definition) is 1. The van der Waals surface area contributed by atoms with Crippen LogP contribution in [-0.4, -0.2) is 60.8 Å². The monoisotopic (exact) mass is 280 g/mol. The highest BCUT2D eigenvalue weighted by Gasteiger charge is 2.15. The summed E-state index contributed by atoms with van der Waals surface area (Å²) < 4.78 is 0. The average molecular weight is 281 g/mol. The minimum Gasteiger partial charge on any atom is -0.388 e. The molecule has 0 spiro atoms. The molecule has 1 aromatic carbocycles. The summed E-state index contributed by atoms with van der Waals surface area (Å²) in [6.07, 6.45) is 3.37. The Hall–Kier alpha value is -0.870. The molecule has 1 aromatic rings. The van der Waals surface area contributed by atoms with Crippen LogP contribution in [0.3, 0.4) is 0 Å². The molecule has 0 saturated carbocycles. The molecule has 0 radical (unpaired) electrons. The molecule has 3 nitrogen and oxygen atoms in total. The first-order valence-corrected chi connectivity index (χ1v) is 7.04. The average Bonchev–Trinajstić information content (AvgIpc) is 2.41. The molecule has 19 heavy (non-hydrogen) atoms. The summed E-state index contributed by atoms with van der Waals surface area (Å²) in [5.74, 6) is 0. The van der Waals surface area contributed by atoms with Crippen molar-refractivity contribution in [2.75, 3.05) is 39.8 Å². The molecular weight excluding hydrogens is 260 g/mol. The number of rotatable bonds is 4. The van der Waals surface area contributed by atoms with Crippen LogP contribution in [0.4, 0.5) is 0 Å². The number of likely N-dealkylation sites (N-methyl/N-ethyl adjacent to an activating group) is 1. The van der Waals surface area contributed by atoms with Gasteiger partial charge in [0, 0.05) is 37.7 Å². The second kappa shape index (κ2) is 7.06. The van der Waals surface area contributed by atoms with Crippen LogP contribution in [-0.2, 0) is 0 Å². The van der Waals surface area contributed by atoms with Crippen LogP contribution < -0.4 is 0 Å². The van der Waals surface area contributed by atoms with Crippen molar-refractivity contribution in [3.8, 4) is 0 Å². The van der Waals surface area contributed by atoms with Crippen molar-refractivity contribution >= 4 is 17.7 Å². The lowest BCUT2D eigenvalue weighted by Gasteiger charge is -2.33. The number of β-amino-alcohol motifs (C(OH)–C–C–N with tert-alkyl or cyclic N) is 1. The highest BCUT2D eigenvalue weighted by atomic mass is 35.5. The highest BCUT2D eigenvalue weighted by Crippen LogP contribution is 2.11. The highest BCUT2D eigenvalue weighted by molar-refractivity contribution is 6.30. The maximum absolute atomic E-state index is 10.0. The number of aliphatic hydroxyl groups is 1. The summed E-state index contributed by atoms with van der Waals surface area (Å²) in [5.41, 5.74) is 1.06. The van der Waals surface area contributed by atoms with Crippen molar-refractivity contribution < 1.29 is 5.11 Å². The lowest BCUT2D eigenvalue weighted by molar-refractivity contribution is 0.103. The third kappa shape index (κ3) is 4.96. The summed E-state index contributed by atoms with van der Waals surface area (Å²) in [6.45, 7) is 4.92. The van der Waals surface area contributed by atoms with E-state index in [0.29, 0.717) is 6.54 Å². The summed E-state index contributed by atoms with van der Waals surface area (Å²) in [6, 6.07) is 7.60. The second-order valence-corrected chi connectivity index (χ2v) is 5.52. The lowest BCUT2D eigenvalue weighted by atomic mass is 10.2.